The summed E-state index contributed by atoms with van der Waals surface area (Å²) in [6, 6.07) is 5.37. The van der Waals surface area contributed by atoms with E-state index in [0.29, 0.717) is 0 Å². The number of fused-ring (bicyclic) bond motifs is 1. The molecule has 0 spiro atoms. The molecule has 0 aliphatic rings. The molecular weight excluding hydrogens is 290 g/mol. The van der Waals surface area contributed by atoms with Gasteiger partial charge >= 0.3 is 5.97 Å². The van der Waals surface area contributed by atoms with Crippen molar-refractivity contribution in [1.82, 2.24) is 15.1 Å². The Bertz CT molecular complexity index is 836. The molecule has 3 N–H and O–H groups in total. The van der Waals surface area contributed by atoms with E-state index in [-0.39, 0.29) is 23.7 Å². The van der Waals surface area contributed by atoms with Gasteiger partial charge in [-0.05, 0) is 19.1 Å². The fraction of sp³-hybridized carbons (Fsp3) is 0.286. The number of carbonyl (C=O) groups excluding carboxylic acids is 1. The Morgan fingerprint density at radius 1 is 1.27 bits per heavy atom. The number of amides is 1. The number of hydrogen-bond donors (Lipinski definition) is 3. The first-order valence-electron chi connectivity index (χ1n) is 6.64. The van der Waals surface area contributed by atoms with Gasteiger partial charge in [0.1, 0.15) is 6.04 Å². The largest absolute Gasteiger partial charge is 0.480 e. The van der Waals surface area contributed by atoms with Gasteiger partial charge in [-0.3, -0.25) is 24.3 Å². The van der Waals surface area contributed by atoms with Gasteiger partial charge in [-0.15, -0.1) is 0 Å². The van der Waals surface area contributed by atoms with Crippen LogP contribution >= 0.6 is 0 Å². The molecule has 0 bridgehead atoms. The second-order valence-corrected chi connectivity index (χ2v) is 4.82. The predicted octanol–water partition coefficient (Wildman–Crippen LogP) is -0.331. The maximum Gasteiger partial charge on any atom is 0.325 e. The van der Waals surface area contributed by atoms with Crippen LogP contribution < -0.4 is 16.4 Å². The van der Waals surface area contributed by atoms with Crippen molar-refractivity contribution in [3.63, 3.8) is 0 Å². The lowest BCUT2D eigenvalue weighted by Crippen LogP contribution is -2.39. The highest BCUT2D eigenvalue weighted by atomic mass is 16.4. The van der Waals surface area contributed by atoms with Crippen LogP contribution in [0.4, 0.5) is 0 Å². The fourth-order valence-corrected chi connectivity index (χ4v) is 1.99. The Hall–Kier alpha value is -2.90. The number of carbonyl (C=O) groups is 2. The van der Waals surface area contributed by atoms with Gasteiger partial charge in [0.05, 0.1) is 17.3 Å². The van der Waals surface area contributed by atoms with E-state index >= 15 is 0 Å². The van der Waals surface area contributed by atoms with Crippen molar-refractivity contribution in [2.24, 2.45) is 0 Å². The monoisotopic (exact) mass is 305 g/mol. The molecule has 0 radical (unpaired) electrons. The smallest absolute Gasteiger partial charge is 0.325 e. The van der Waals surface area contributed by atoms with Crippen LogP contribution in [-0.2, 0) is 16.1 Å². The summed E-state index contributed by atoms with van der Waals surface area (Å²) in [5.74, 6) is -1.67. The van der Waals surface area contributed by atoms with Gasteiger partial charge in [0.2, 0.25) is 5.91 Å². The number of carboxylic acid groups (broad SMARTS) is 1. The summed E-state index contributed by atoms with van der Waals surface area (Å²) in [5.41, 5.74) is -0.830. The van der Waals surface area contributed by atoms with Gasteiger partial charge in [-0.25, -0.2) is 4.68 Å². The van der Waals surface area contributed by atoms with Crippen molar-refractivity contribution in [3.8, 4) is 0 Å². The van der Waals surface area contributed by atoms with Crippen molar-refractivity contribution in [1.29, 1.82) is 0 Å². The summed E-state index contributed by atoms with van der Waals surface area (Å²) in [7, 11) is 0. The van der Waals surface area contributed by atoms with E-state index in [4.69, 9.17) is 5.11 Å². The van der Waals surface area contributed by atoms with Crippen LogP contribution in [0.15, 0.2) is 33.9 Å². The number of carboxylic acids is 1. The molecule has 0 aliphatic carbocycles. The summed E-state index contributed by atoms with van der Waals surface area (Å²) in [6.45, 7) is 1.29. The summed E-state index contributed by atoms with van der Waals surface area (Å²) in [6.07, 6.45) is -0.119. The molecule has 22 heavy (non-hydrogen) atoms. The first kappa shape index (κ1) is 15.5. The minimum absolute atomic E-state index is 0.0446. The van der Waals surface area contributed by atoms with Crippen molar-refractivity contribution in [3.05, 3.63) is 45.0 Å². The molecule has 2 aromatic rings. The van der Waals surface area contributed by atoms with E-state index in [2.05, 4.69) is 10.4 Å². The molecular formula is C14H15N3O5. The van der Waals surface area contributed by atoms with E-state index in [0.717, 1.165) is 4.68 Å². The molecule has 0 fully saturated rings. The van der Waals surface area contributed by atoms with E-state index in [9.17, 15) is 19.2 Å². The van der Waals surface area contributed by atoms with Crippen LogP contribution in [0.3, 0.4) is 0 Å². The topological polar surface area (TPSA) is 121 Å². The zero-order valence-electron chi connectivity index (χ0n) is 11.8. The number of nitrogens with one attached hydrogen (secondary N) is 2. The van der Waals surface area contributed by atoms with E-state index in [1.807, 2.05) is 0 Å². The Morgan fingerprint density at radius 2 is 1.91 bits per heavy atom. The summed E-state index contributed by atoms with van der Waals surface area (Å²) in [5, 5.41) is 13.9. The highest BCUT2D eigenvalue weighted by molar-refractivity contribution is 5.83. The van der Waals surface area contributed by atoms with E-state index < -0.39 is 29.0 Å². The Labute approximate surface area is 124 Å². The van der Waals surface area contributed by atoms with Crippen molar-refractivity contribution < 1.29 is 14.7 Å². The number of rotatable bonds is 5. The Morgan fingerprint density at radius 3 is 2.55 bits per heavy atom. The van der Waals surface area contributed by atoms with Crippen LogP contribution in [0.1, 0.15) is 13.3 Å². The maximum absolute atomic E-state index is 12.2. The normalized spacial score (nSPS) is 12.0. The third kappa shape index (κ3) is 3.22. The van der Waals surface area contributed by atoms with Crippen LogP contribution in [-0.4, -0.2) is 32.8 Å². The fourth-order valence-electron chi connectivity index (χ4n) is 1.99. The average Bonchev–Trinajstić information content (AvgIpc) is 2.49. The highest BCUT2D eigenvalue weighted by Gasteiger charge is 2.14. The van der Waals surface area contributed by atoms with E-state index in [1.165, 1.54) is 13.0 Å². The molecule has 1 heterocycles. The number of aromatic nitrogens is 2. The predicted molar refractivity (Wildman–Crippen MR) is 78.7 cm³/mol. The van der Waals surface area contributed by atoms with Crippen molar-refractivity contribution in [2.75, 3.05) is 0 Å². The summed E-state index contributed by atoms with van der Waals surface area (Å²) < 4.78 is 1.05. The lowest BCUT2D eigenvalue weighted by atomic mass is 10.2. The summed E-state index contributed by atoms with van der Waals surface area (Å²) in [4.78, 5) is 46.3. The van der Waals surface area contributed by atoms with Gasteiger partial charge < -0.3 is 10.4 Å². The average molecular weight is 305 g/mol. The zero-order valence-corrected chi connectivity index (χ0v) is 11.8. The molecule has 2 rings (SSSR count). The number of nitrogens with zero attached hydrogens (tertiary/aromatic N) is 1. The molecule has 1 atom stereocenters. The SMILES string of the molecule is C[C@@H](NC(=O)CCn1[nH]c(=O)c2ccccc2c1=O)C(=O)O. The minimum Gasteiger partial charge on any atom is -0.480 e. The second kappa shape index (κ2) is 6.25. The molecule has 0 unspecified atom stereocenters. The van der Waals surface area contributed by atoms with Crippen LogP contribution in [0.5, 0.6) is 0 Å². The number of aryl methyl sites for hydroxylation is 1. The van der Waals surface area contributed by atoms with Gasteiger partial charge in [0.25, 0.3) is 11.1 Å². The molecule has 116 valence electrons. The third-order valence-electron chi connectivity index (χ3n) is 3.19. The number of aliphatic carboxylic acids is 1. The van der Waals surface area contributed by atoms with Gasteiger partial charge in [-0.1, -0.05) is 12.1 Å². The number of H-pyrrole nitrogens is 1. The lowest BCUT2D eigenvalue weighted by Gasteiger charge is -2.10. The zero-order chi connectivity index (χ0) is 16.3. The maximum atomic E-state index is 12.2. The summed E-state index contributed by atoms with van der Waals surface area (Å²) >= 11 is 0. The molecule has 8 heteroatoms. The first-order chi connectivity index (χ1) is 10.4. The molecule has 0 saturated heterocycles. The van der Waals surface area contributed by atoms with Crippen LogP contribution in [0.25, 0.3) is 10.8 Å². The van der Waals surface area contributed by atoms with Crippen LogP contribution in [0.2, 0.25) is 0 Å². The minimum atomic E-state index is -1.15. The molecule has 1 aromatic heterocycles. The number of hydrogen-bond acceptors (Lipinski definition) is 4. The number of benzene rings is 1. The Balaban J connectivity index is 2.18. The Kier molecular flexibility index (Phi) is 4.40. The van der Waals surface area contributed by atoms with Gasteiger partial charge in [-0.2, -0.15) is 0 Å². The third-order valence-corrected chi connectivity index (χ3v) is 3.19. The standard InChI is InChI=1S/C14H15N3O5/c1-8(14(21)22)15-11(18)6-7-17-13(20)10-5-3-2-4-9(10)12(19)16-17/h2-5,8H,6-7H2,1H3,(H,15,18)(H,16,19)(H,21,22)/t8-/m1/s1. The molecule has 8 nitrogen and oxygen atoms in total. The molecule has 1 aromatic carbocycles. The quantitative estimate of drug-likeness (QED) is 0.698. The van der Waals surface area contributed by atoms with Crippen molar-refractivity contribution >= 4 is 22.6 Å². The highest BCUT2D eigenvalue weighted by Crippen LogP contribution is 2.02. The first-order valence-corrected chi connectivity index (χ1v) is 6.64. The second-order valence-electron chi connectivity index (χ2n) is 4.82. The van der Waals surface area contributed by atoms with Crippen LogP contribution in [0, 0.1) is 0 Å². The number of aromatic amines is 1. The molecule has 1 amide bonds. The van der Waals surface area contributed by atoms with Gasteiger partial charge in [0, 0.05) is 6.42 Å². The molecule has 0 aliphatic heterocycles. The molecule has 0 saturated carbocycles. The van der Waals surface area contributed by atoms with Gasteiger partial charge in [0.15, 0.2) is 0 Å². The lowest BCUT2D eigenvalue weighted by molar-refractivity contribution is -0.141. The van der Waals surface area contributed by atoms with E-state index in [1.54, 1.807) is 18.2 Å². The van der Waals surface area contributed by atoms with Crippen molar-refractivity contribution in [2.45, 2.75) is 25.9 Å².